The van der Waals surface area contributed by atoms with Gasteiger partial charge in [-0.25, -0.2) is 0 Å². The summed E-state index contributed by atoms with van der Waals surface area (Å²) in [4.78, 5) is 27.7. The van der Waals surface area contributed by atoms with Crippen molar-refractivity contribution >= 4 is 56.8 Å². The number of nitrogens with zero attached hydrogens (tertiary/aromatic N) is 2. The zero-order valence-corrected chi connectivity index (χ0v) is 24.1. The molecule has 8 heteroatoms. The molecule has 0 unspecified atom stereocenters. The van der Waals surface area contributed by atoms with Gasteiger partial charge < -0.3 is 9.30 Å². The first kappa shape index (κ1) is 26.6. The van der Waals surface area contributed by atoms with Crippen LogP contribution < -0.4 is 15.0 Å². The monoisotopic (exact) mass is 599 g/mol. The first-order valence-corrected chi connectivity index (χ1v) is 13.6. The van der Waals surface area contributed by atoms with E-state index in [9.17, 15) is 9.59 Å². The summed E-state index contributed by atoms with van der Waals surface area (Å²) in [5, 5.41) is 2.74. The first-order chi connectivity index (χ1) is 18.7. The van der Waals surface area contributed by atoms with E-state index in [1.165, 1.54) is 4.90 Å². The van der Waals surface area contributed by atoms with Crippen LogP contribution in [0.2, 0.25) is 0 Å². The highest BCUT2D eigenvalue weighted by molar-refractivity contribution is 9.10. The average molecular weight is 601 g/mol. The average Bonchev–Trinajstić information content (AvgIpc) is 3.20. The van der Waals surface area contributed by atoms with Crippen molar-refractivity contribution in [3.63, 3.8) is 0 Å². The van der Waals surface area contributed by atoms with Crippen molar-refractivity contribution in [2.45, 2.75) is 27.4 Å². The van der Waals surface area contributed by atoms with E-state index >= 15 is 0 Å². The number of thiocarbonyl (C=S) groups is 1. The van der Waals surface area contributed by atoms with Crippen molar-refractivity contribution in [2.75, 3.05) is 4.90 Å². The first-order valence-electron chi connectivity index (χ1n) is 12.4. The molecule has 1 fully saturated rings. The molecule has 0 aliphatic carbocycles. The molecule has 5 rings (SSSR count). The third-order valence-electron chi connectivity index (χ3n) is 6.64. The number of ether oxygens (including phenoxy) is 1. The quantitative estimate of drug-likeness (QED) is 0.154. The van der Waals surface area contributed by atoms with Crippen LogP contribution in [0.15, 0.2) is 88.9 Å². The Morgan fingerprint density at radius 2 is 1.64 bits per heavy atom. The Morgan fingerprint density at radius 3 is 2.33 bits per heavy atom. The molecule has 0 spiro atoms. The topological polar surface area (TPSA) is 63.6 Å². The van der Waals surface area contributed by atoms with Crippen molar-refractivity contribution < 1.29 is 14.3 Å². The van der Waals surface area contributed by atoms with Crippen molar-refractivity contribution in [3.8, 4) is 11.4 Å². The molecule has 39 heavy (non-hydrogen) atoms. The van der Waals surface area contributed by atoms with Crippen LogP contribution in [0.25, 0.3) is 11.8 Å². The molecule has 1 N–H and O–H groups in total. The molecule has 0 bridgehead atoms. The summed E-state index contributed by atoms with van der Waals surface area (Å²) < 4.78 is 9.06. The molecule has 1 aromatic heterocycles. The van der Waals surface area contributed by atoms with Crippen LogP contribution >= 0.6 is 28.1 Å². The number of hydrogen-bond acceptors (Lipinski definition) is 4. The minimum atomic E-state index is -0.507. The SMILES string of the molecule is Cc1ccccc1N1C(=O)/C(=C/c2cc(C)n(-c3ccc(OCc4ccc(Br)cc4)cc3)c2C)C(=O)NC1=S. The summed E-state index contributed by atoms with van der Waals surface area (Å²) in [7, 11) is 0. The second-order valence-electron chi connectivity index (χ2n) is 9.32. The fourth-order valence-electron chi connectivity index (χ4n) is 4.62. The van der Waals surface area contributed by atoms with Gasteiger partial charge in [-0.05, 0) is 104 Å². The van der Waals surface area contributed by atoms with Gasteiger partial charge in [0, 0.05) is 21.5 Å². The zero-order chi connectivity index (χ0) is 27.7. The maximum atomic E-state index is 13.5. The summed E-state index contributed by atoms with van der Waals surface area (Å²) in [6.45, 7) is 6.33. The molecular weight excluding hydrogens is 574 g/mol. The molecule has 3 aromatic carbocycles. The van der Waals surface area contributed by atoms with E-state index in [1.807, 2.05) is 99.6 Å². The normalized spacial score (nSPS) is 14.6. The van der Waals surface area contributed by atoms with E-state index in [0.717, 1.165) is 44.0 Å². The maximum Gasteiger partial charge on any atom is 0.270 e. The highest BCUT2D eigenvalue weighted by Gasteiger charge is 2.35. The predicted octanol–water partition coefficient (Wildman–Crippen LogP) is 6.58. The van der Waals surface area contributed by atoms with Crippen molar-refractivity contribution in [3.05, 3.63) is 117 Å². The fraction of sp³-hybridized carbons (Fsp3) is 0.129. The molecule has 0 saturated carbocycles. The van der Waals surface area contributed by atoms with Gasteiger partial charge >= 0.3 is 0 Å². The Labute approximate surface area is 241 Å². The third-order valence-corrected chi connectivity index (χ3v) is 7.46. The number of aromatic nitrogens is 1. The van der Waals surface area contributed by atoms with Crippen molar-refractivity contribution in [1.29, 1.82) is 0 Å². The molecule has 6 nitrogen and oxygen atoms in total. The van der Waals surface area contributed by atoms with Crippen LogP contribution in [0.1, 0.15) is 28.1 Å². The van der Waals surface area contributed by atoms with Crippen LogP contribution in [0.4, 0.5) is 5.69 Å². The molecular formula is C31H26BrN3O3S. The molecule has 196 valence electrons. The largest absolute Gasteiger partial charge is 0.489 e. The van der Waals surface area contributed by atoms with Gasteiger partial charge in [-0.1, -0.05) is 46.3 Å². The standard InChI is InChI=1S/C31H26BrN3O3S/c1-19-6-4-5-7-28(19)35-30(37)27(29(36)33-31(35)39)17-23-16-20(2)34(21(23)3)25-12-14-26(15-13-25)38-18-22-8-10-24(32)11-9-22/h4-17H,18H2,1-3H3,(H,33,36,39)/b27-17+. The number of hydrogen-bond donors (Lipinski definition) is 1. The van der Waals surface area contributed by atoms with Gasteiger partial charge in [-0.3, -0.25) is 19.8 Å². The third kappa shape index (κ3) is 5.44. The molecule has 2 heterocycles. The lowest BCUT2D eigenvalue weighted by Gasteiger charge is -2.30. The number of benzene rings is 3. The highest BCUT2D eigenvalue weighted by atomic mass is 79.9. The maximum absolute atomic E-state index is 13.5. The predicted molar refractivity (Wildman–Crippen MR) is 161 cm³/mol. The highest BCUT2D eigenvalue weighted by Crippen LogP contribution is 2.28. The van der Waals surface area contributed by atoms with Gasteiger partial charge in [0.25, 0.3) is 11.8 Å². The second-order valence-corrected chi connectivity index (χ2v) is 10.6. The minimum Gasteiger partial charge on any atom is -0.489 e. The molecule has 0 radical (unpaired) electrons. The summed E-state index contributed by atoms with van der Waals surface area (Å²) in [6, 6.07) is 25.3. The number of nitrogens with one attached hydrogen (secondary N) is 1. The molecule has 4 aromatic rings. The number of carbonyl (C=O) groups is 2. The molecule has 1 aliphatic rings. The molecule has 2 amide bonds. The minimum absolute atomic E-state index is 0.0313. The number of rotatable bonds is 6. The lowest BCUT2D eigenvalue weighted by Crippen LogP contribution is -2.54. The second kappa shape index (κ2) is 11.0. The Morgan fingerprint density at radius 1 is 0.949 bits per heavy atom. The zero-order valence-electron chi connectivity index (χ0n) is 21.7. The lowest BCUT2D eigenvalue weighted by atomic mass is 10.1. The van der Waals surface area contributed by atoms with Gasteiger partial charge in [0.05, 0.1) is 5.69 Å². The lowest BCUT2D eigenvalue weighted by molar-refractivity contribution is -0.122. The van der Waals surface area contributed by atoms with Crippen molar-refractivity contribution in [1.82, 2.24) is 9.88 Å². The summed E-state index contributed by atoms with van der Waals surface area (Å²) in [6.07, 6.45) is 1.64. The Hall–Kier alpha value is -4.01. The van der Waals surface area contributed by atoms with E-state index in [1.54, 1.807) is 6.08 Å². The number of amides is 2. The Bertz CT molecular complexity index is 1620. The van der Waals surface area contributed by atoms with Gasteiger partial charge in [0.15, 0.2) is 5.11 Å². The number of anilines is 1. The van der Waals surface area contributed by atoms with Gasteiger partial charge in [-0.2, -0.15) is 0 Å². The van der Waals surface area contributed by atoms with Gasteiger partial charge in [-0.15, -0.1) is 0 Å². The Balaban J connectivity index is 1.40. The van der Waals surface area contributed by atoms with Crippen molar-refractivity contribution in [2.24, 2.45) is 0 Å². The van der Waals surface area contributed by atoms with Crippen LogP contribution in [0.5, 0.6) is 5.75 Å². The fourth-order valence-corrected chi connectivity index (χ4v) is 5.15. The van der Waals surface area contributed by atoms with Gasteiger partial charge in [0.1, 0.15) is 17.9 Å². The number of aryl methyl sites for hydroxylation is 2. The number of carbonyl (C=O) groups excluding carboxylic acids is 2. The summed E-state index contributed by atoms with van der Waals surface area (Å²) >= 11 is 8.79. The summed E-state index contributed by atoms with van der Waals surface area (Å²) in [5.74, 6) is -0.190. The van der Waals surface area contributed by atoms with E-state index in [4.69, 9.17) is 17.0 Å². The van der Waals surface area contributed by atoms with Gasteiger partial charge in [0.2, 0.25) is 0 Å². The van der Waals surface area contributed by atoms with E-state index in [2.05, 4.69) is 25.8 Å². The van der Waals surface area contributed by atoms with E-state index < -0.39 is 11.8 Å². The van der Waals surface area contributed by atoms with Crippen LogP contribution in [-0.4, -0.2) is 21.5 Å². The van der Waals surface area contributed by atoms with Crippen LogP contribution in [-0.2, 0) is 16.2 Å². The molecule has 0 atom stereocenters. The Kier molecular flexibility index (Phi) is 7.50. The number of para-hydroxylation sites is 1. The molecule has 1 saturated heterocycles. The smallest absolute Gasteiger partial charge is 0.270 e. The molecule has 1 aliphatic heterocycles. The van der Waals surface area contributed by atoms with Crippen LogP contribution in [0, 0.1) is 20.8 Å². The summed E-state index contributed by atoms with van der Waals surface area (Å²) in [5.41, 5.74) is 6.24. The van der Waals surface area contributed by atoms with E-state index in [0.29, 0.717) is 12.3 Å². The number of halogens is 1. The van der Waals surface area contributed by atoms with Crippen LogP contribution in [0.3, 0.4) is 0 Å². The van der Waals surface area contributed by atoms with E-state index in [-0.39, 0.29) is 10.7 Å².